The number of halogens is 1. The topological polar surface area (TPSA) is 72.9 Å². The number of anilines is 2. The Bertz CT molecular complexity index is 1000. The maximum Gasteiger partial charge on any atom is 0.243 e. The Morgan fingerprint density at radius 2 is 1.57 bits per heavy atom. The molecule has 2 saturated heterocycles. The summed E-state index contributed by atoms with van der Waals surface area (Å²) >= 11 is 0. The van der Waals surface area contributed by atoms with E-state index in [4.69, 9.17) is 4.98 Å². The molecule has 0 saturated carbocycles. The summed E-state index contributed by atoms with van der Waals surface area (Å²) in [6, 6.07) is 7.15. The lowest BCUT2D eigenvalue weighted by atomic mass is 10.3. The molecule has 0 bridgehead atoms. The summed E-state index contributed by atoms with van der Waals surface area (Å²) in [5.41, 5.74) is 0.892. The van der Waals surface area contributed by atoms with Crippen LogP contribution in [0.1, 0.15) is 5.69 Å². The Balaban J connectivity index is 1.46. The number of piperazine rings is 2. The number of benzene rings is 1. The van der Waals surface area contributed by atoms with Crippen LogP contribution in [0.3, 0.4) is 0 Å². The zero-order valence-corrected chi connectivity index (χ0v) is 18.1. The molecular formula is C20H27FN6O2S. The molecule has 8 nitrogen and oxygen atoms in total. The van der Waals surface area contributed by atoms with Gasteiger partial charge in [-0.05, 0) is 32.2 Å². The molecule has 2 aliphatic rings. The highest BCUT2D eigenvalue weighted by Gasteiger charge is 2.30. The highest BCUT2D eigenvalue weighted by atomic mass is 32.2. The summed E-state index contributed by atoms with van der Waals surface area (Å²) in [4.78, 5) is 15.9. The predicted octanol–water partition coefficient (Wildman–Crippen LogP) is 1.19. The predicted molar refractivity (Wildman–Crippen MR) is 114 cm³/mol. The van der Waals surface area contributed by atoms with E-state index in [9.17, 15) is 12.8 Å². The molecule has 1 aromatic carbocycles. The minimum atomic E-state index is -3.72. The number of aryl methyl sites for hydroxylation is 1. The third kappa shape index (κ3) is 4.40. The van der Waals surface area contributed by atoms with Crippen LogP contribution in [0, 0.1) is 12.7 Å². The van der Waals surface area contributed by atoms with Crippen molar-refractivity contribution in [2.75, 3.05) is 69.2 Å². The molecule has 0 spiro atoms. The van der Waals surface area contributed by atoms with E-state index in [1.54, 1.807) is 0 Å². The van der Waals surface area contributed by atoms with E-state index >= 15 is 0 Å². The van der Waals surface area contributed by atoms with E-state index in [0.717, 1.165) is 43.8 Å². The van der Waals surface area contributed by atoms with Crippen LogP contribution in [0.4, 0.5) is 16.2 Å². The van der Waals surface area contributed by atoms with E-state index < -0.39 is 15.8 Å². The Kier molecular flexibility index (Phi) is 5.90. The van der Waals surface area contributed by atoms with Crippen molar-refractivity contribution in [3.8, 4) is 0 Å². The van der Waals surface area contributed by atoms with Gasteiger partial charge in [-0.2, -0.15) is 9.29 Å². The quantitative estimate of drug-likeness (QED) is 0.716. The van der Waals surface area contributed by atoms with E-state index in [1.165, 1.54) is 22.5 Å². The molecule has 0 atom stereocenters. The van der Waals surface area contributed by atoms with Gasteiger partial charge in [0.1, 0.15) is 11.6 Å². The van der Waals surface area contributed by atoms with Gasteiger partial charge in [-0.3, -0.25) is 0 Å². The molecule has 0 N–H and O–H groups in total. The molecule has 4 rings (SSSR count). The minimum absolute atomic E-state index is 0.0138. The standard InChI is InChI=1S/C20H27FN6O2S/c1-16-14-19(25-8-6-24(2)7-9-25)23-20(22-16)26-10-12-27(13-11-26)30(28,29)18-5-3-4-17(21)15-18/h3-5,14-15H,6-13H2,1-2H3. The molecule has 2 aromatic rings. The van der Waals surface area contributed by atoms with Crippen LogP contribution in [0.5, 0.6) is 0 Å². The molecular weight excluding hydrogens is 407 g/mol. The van der Waals surface area contributed by atoms with Crippen molar-refractivity contribution in [1.82, 2.24) is 19.2 Å². The maximum absolute atomic E-state index is 13.5. The maximum atomic E-state index is 13.5. The molecule has 2 fully saturated rings. The van der Waals surface area contributed by atoms with Crippen LogP contribution in [0.15, 0.2) is 35.2 Å². The Morgan fingerprint density at radius 3 is 2.23 bits per heavy atom. The van der Waals surface area contributed by atoms with Crippen molar-refractivity contribution < 1.29 is 12.8 Å². The summed E-state index contributed by atoms with van der Waals surface area (Å²) in [5.74, 6) is 0.992. The van der Waals surface area contributed by atoms with Crippen LogP contribution in [0.25, 0.3) is 0 Å². The van der Waals surface area contributed by atoms with Gasteiger partial charge >= 0.3 is 0 Å². The van der Waals surface area contributed by atoms with Crippen LogP contribution < -0.4 is 9.80 Å². The molecule has 0 radical (unpaired) electrons. The second-order valence-electron chi connectivity index (χ2n) is 7.81. The van der Waals surface area contributed by atoms with E-state index in [2.05, 4.69) is 21.8 Å². The lowest BCUT2D eigenvalue weighted by Crippen LogP contribution is -2.49. The zero-order chi connectivity index (χ0) is 21.3. The summed E-state index contributed by atoms with van der Waals surface area (Å²) in [7, 11) is -1.60. The van der Waals surface area contributed by atoms with Gasteiger partial charge in [0.05, 0.1) is 4.90 Å². The average molecular weight is 435 g/mol. The Hall–Kier alpha value is -2.30. The highest BCUT2D eigenvalue weighted by molar-refractivity contribution is 7.89. The fraction of sp³-hybridized carbons (Fsp3) is 0.500. The van der Waals surface area contributed by atoms with Gasteiger partial charge in [-0.15, -0.1) is 0 Å². The summed E-state index contributed by atoms with van der Waals surface area (Å²) < 4.78 is 40.5. The molecule has 0 unspecified atom stereocenters. The zero-order valence-electron chi connectivity index (χ0n) is 17.3. The summed E-state index contributed by atoms with van der Waals surface area (Å²) in [6.45, 7) is 7.37. The van der Waals surface area contributed by atoms with E-state index in [0.29, 0.717) is 32.1 Å². The molecule has 10 heteroatoms. The molecule has 3 heterocycles. The Morgan fingerprint density at radius 1 is 0.900 bits per heavy atom. The van der Waals surface area contributed by atoms with Gasteiger partial charge < -0.3 is 14.7 Å². The number of aromatic nitrogens is 2. The number of hydrogen-bond donors (Lipinski definition) is 0. The van der Waals surface area contributed by atoms with Crippen LogP contribution in [-0.4, -0.2) is 87.0 Å². The van der Waals surface area contributed by atoms with E-state index in [1.807, 2.05) is 17.9 Å². The van der Waals surface area contributed by atoms with Gasteiger partial charge in [0.15, 0.2) is 0 Å². The SMILES string of the molecule is Cc1cc(N2CCN(C)CC2)nc(N2CCN(S(=O)(=O)c3cccc(F)c3)CC2)n1. The van der Waals surface area contributed by atoms with Crippen molar-refractivity contribution in [3.63, 3.8) is 0 Å². The van der Waals surface area contributed by atoms with Crippen molar-refractivity contribution in [3.05, 3.63) is 41.8 Å². The highest BCUT2D eigenvalue weighted by Crippen LogP contribution is 2.22. The van der Waals surface area contributed by atoms with Gasteiger partial charge in [-0.1, -0.05) is 6.07 Å². The van der Waals surface area contributed by atoms with Crippen LogP contribution in [-0.2, 0) is 10.0 Å². The average Bonchev–Trinajstić information content (AvgIpc) is 2.74. The fourth-order valence-electron chi connectivity index (χ4n) is 3.78. The van der Waals surface area contributed by atoms with Crippen molar-refractivity contribution in [2.24, 2.45) is 0 Å². The van der Waals surface area contributed by atoms with Crippen molar-refractivity contribution in [1.29, 1.82) is 0 Å². The number of rotatable bonds is 4. The summed E-state index contributed by atoms with van der Waals surface area (Å²) in [5, 5.41) is 0. The first-order chi connectivity index (χ1) is 14.3. The second-order valence-corrected chi connectivity index (χ2v) is 9.74. The van der Waals surface area contributed by atoms with Crippen LogP contribution >= 0.6 is 0 Å². The first-order valence-corrected chi connectivity index (χ1v) is 11.6. The van der Waals surface area contributed by atoms with Crippen molar-refractivity contribution >= 4 is 21.8 Å². The second kappa shape index (κ2) is 8.44. The third-order valence-corrected chi connectivity index (χ3v) is 7.51. The van der Waals surface area contributed by atoms with Gasteiger partial charge in [0, 0.05) is 64.1 Å². The smallest absolute Gasteiger partial charge is 0.243 e. The normalized spacial score (nSPS) is 19.3. The monoisotopic (exact) mass is 434 g/mol. The third-order valence-electron chi connectivity index (χ3n) is 5.61. The molecule has 30 heavy (non-hydrogen) atoms. The lowest BCUT2D eigenvalue weighted by molar-refractivity contribution is 0.312. The van der Waals surface area contributed by atoms with Gasteiger partial charge in [0.2, 0.25) is 16.0 Å². The molecule has 0 amide bonds. The number of hydrogen-bond acceptors (Lipinski definition) is 7. The molecule has 2 aliphatic heterocycles. The number of likely N-dealkylation sites (N-methyl/N-ethyl adjacent to an activating group) is 1. The number of sulfonamides is 1. The lowest BCUT2D eigenvalue weighted by Gasteiger charge is -2.36. The molecule has 0 aliphatic carbocycles. The Labute approximate surface area is 177 Å². The first-order valence-electron chi connectivity index (χ1n) is 10.1. The first kappa shape index (κ1) is 21.0. The van der Waals surface area contributed by atoms with Crippen LogP contribution in [0.2, 0.25) is 0 Å². The van der Waals surface area contributed by atoms with Crippen molar-refractivity contribution in [2.45, 2.75) is 11.8 Å². The molecule has 162 valence electrons. The minimum Gasteiger partial charge on any atom is -0.354 e. The number of nitrogens with zero attached hydrogens (tertiary/aromatic N) is 6. The van der Waals surface area contributed by atoms with Gasteiger partial charge in [-0.25, -0.2) is 17.8 Å². The van der Waals surface area contributed by atoms with E-state index in [-0.39, 0.29) is 4.90 Å². The fourth-order valence-corrected chi connectivity index (χ4v) is 5.23. The summed E-state index contributed by atoms with van der Waals surface area (Å²) in [6.07, 6.45) is 0. The largest absolute Gasteiger partial charge is 0.354 e. The van der Waals surface area contributed by atoms with Gasteiger partial charge in [0.25, 0.3) is 0 Å². The molecule has 1 aromatic heterocycles.